The molecule has 0 aliphatic heterocycles. The first-order valence-electron chi connectivity index (χ1n) is 19.2. The molecule has 0 N–H and O–H groups in total. The molecular weight excluding hydrogens is 637 g/mol. The van der Waals surface area contributed by atoms with E-state index in [2.05, 4.69) is 170 Å². The molecule has 246 valence electrons. The van der Waals surface area contributed by atoms with Crippen LogP contribution in [-0.4, -0.2) is 0 Å². The van der Waals surface area contributed by atoms with Crippen molar-refractivity contribution in [1.82, 2.24) is 0 Å². The number of benzene rings is 8. The number of rotatable bonds is 1. The van der Waals surface area contributed by atoms with Gasteiger partial charge < -0.3 is 0 Å². The minimum Gasteiger partial charge on any atom is -0.0839 e. The summed E-state index contributed by atoms with van der Waals surface area (Å²) in [5, 5.41) is 10.8. The van der Waals surface area contributed by atoms with Gasteiger partial charge in [0.2, 0.25) is 0 Å². The van der Waals surface area contributed by atoms with Gasteiger partial charge in [-0.3, -0.25) is 0 Å². The summed E-state index contributed by atoms with van der Waals surface area (Å²) in [6, 6.07) is 58.1. The number of hydrogen-bond donors (Lipinski definition) is 0. The molecule has 53 heavy (non-hydrogen) atoms. The summed E-state index contributed by atoms with van der Waals surface area (Å²) >= 11 is 0. The van der Waals surface area contributed by atoms with Gasteiger partial charge in [0, 0.05) is 17.3 Å². The van der Waals surface area contributed by atoms with Crippen molar-refractivity contribution in [2.45, 2.75) is 18.3 Å². The van der Waals surface area contributed by atoms with Gasteiger partial charge in [0.1, 0.15) is 0 Å². The van der Waals surface area contributed by atoms with E-state index in [1.807, 2.05) is 0 Å². The van der Waals surface area contributed by atoms with Crippen molar-refractivity contribution in [2.24, 2.45) is 11.8 Å². The zero-order chi connectivity index (χ0) is 34.4. The Balaban J connectivity index is 1.08. The molecule has 0 nitrogen and oxygen atoms in total. The van der Waals surface area contributed by atoms with Crippen molar-refractivity contribution in [2.75, 3.05) is 0 Å². The summed E-state index contributed by atoms with van der Waals surface area (Å²) in [4.78, 5) is 0. The van der Waals surface area contributed by atoms with Crippen LogP contribution in [0.5, 0.6) is 0 Å². The lowest BCUT2D eigenvalue weighted by atomic mass is 9.60. The molecule has 0 saturated carbocycles. The third kappa shape index (κ3) is 3.39. The highest BCUT2D eigenvalue weighted by Gasteiger charge is 2.60. The summed E-state index contributed by atoms with van der Waals surface area (Å²) in [5.74, 6) is 0.786. The normalized spacial score (nSPS) is 21.1. The number of hydrogen-bond acceptors (Lipinski definition) is 0. The second-order valence-electron chi connectivity index (χ2n) is 15.8. The molecule has 3 atom stereocenters. The third-order valence-corrected chi connectivity index (χ3v) is 13.7. The Morgan fingerprint density at radius 1 is 0.453 bits per heavy atom. The van der Waals surface area contributed by atoms with Crippen LogP contribution in [0.2, 0.25) is 0 Å². The van der Waals surface area contributed by atoms with Gasteiger partial charge in [-0.1, -0.05) is 152 Å². The van der Waals surface area contributed by atoms with Crippen molar-refractivity contribution in [3.63, 3.8) is 0 Å². The molecule has 13 rings (SSSR count). The number of fused-ring (bicyclic) bond motifs is 17. The fourth-order valence-corrected chi connectivity index (χ4v) is 11.8. The third-order valence-electron chi connectivity index (χ3n) is 13.7. The molecule has 0 heteroatoms. The van der Waals surface area contributed by atoms with Crippen LogP contribution in [0.3, 0.4) is 0 Å². The maximum absolute atomic E-state index is 2.54. The van der Waals surface area contributed by atoms with E-state index in [1.54, 1.807) is 5.57 Å². The molecule has 0 fully saturated rings. The van der Waals surface area contributed by atoms with E-state index in [0.29, 0.717) is 11.8 Å². The first-order valence-corrected chi connectivity index (χ1v) is 19.2. The average molecular weight is 671 g/mol. The lowest BCUT2D eigenvalue weighted by molar-refractivity contribution is 0.337. The van der Waals surface area contributed by atoms with Crippen molar-refractivity contribution in [1.29, 1.82) is 0 Å². The minimum absolute atomic E-state index is 0.0935. The summed E-state index contributed by atoms with van der Waals surface area (Å²) in [6.07, 6.45) is 9.24. The molecule has 3 unspecified atom stereocenters. The topological polar surface area (TPSA) is 0 Å². The van der Waals surface area contributed by atoms with Crippen molar-refractivity contribution < 1.29 is 0 Å². The van der Waals surface area contributed by atoms with Crippen LogP contribution in [0.25, 0.3) is 71.3 Å². The predicted octanol–water partition coefficient (Wildman–Crippen LogP) is 11.5. The Labute approximate surface area is 308 Å². The van der Waals surface area contributed by atoms with E-state index in [1.165, 1.54) is 104 Å². The van der Waals surface area contributed by atoms with Crippen molar-refractivity contribution >= 4 is 49.0 Å². The van der Waals surface area contributed by atoms with E-state index >= 15 is 0 Å². The van der Waals surface area contributed by atoms with Gasteiger partial charge in [-0.2, -0.15) is 0 Å². The molecule has 8 aromatic rings. The van der Waals surface area contributed by atoms with Crippen LogP contribution in [0.4, 0.5) is 0 Å². The molecule has 0 radical (unpaired) electrons. The van der Waals surface area contributed by atoms with E-state index in [-0.39, 0.29) is 5.41 Å². The molecule has 0 heterocycles. The Hall–Kier alpha value is -6.24. The first kappa shape index (κ1) is 28.4. The standard InChI is InChI=1S/C53H34/c1-2-15-33-31(13-1)27-43(35-17-4-3-16-34(33)35)36-21-11-14-32-28-44-45(29-42(32)36)39-22-12-23-41-51(39)46(44)30-50-52(41)40-20-7-10-26-49(40)53(50)47-24-8-5-18-37(47)38-19-6-9-25-48(38)53/h1-24,26-29,48,50H,25,30H2. The maximum Gasteiger partial charge on any atom is 0.0358 e. The van der Waals surface area contributed by atoms with Gasteiger partial charge in [-0.25, -0.2) is 0 Å². The van der Waals surface area contributed by atoms with Gasteiger partial charge in [-0.05, 0) is 141 Å². The highest BCUT2D eigenvalue weighted by molar-refractivity contribution is 6.17. The highest BCUT2D eigenvalue weighted by Crippen LogP contribution is 2.67. The SMILES string of the molecule is C1=CCC2C(=C1)c1ccccc1C21c2ccccc2C2=c3cccc4c3=C(CC21)c1cc2cccc(-c3cc5ccccc5c5ccccc35)c2cc1-4. The molecule has 0 bridgehead atoms. The highest BCUT2D eigenvalue weighted by atomic mass is 14.6. The lowest BCUT2D eigenvalue weighted by Gasteiger charge is -2.41. The Morgan fingerprint density at radius 3 is 2.02 bits per heavy atom. The molecule has 0 aromatic heterocycles. The molecule has 5 aliphatic carbocycles. The molecule has 0 amide bonds. The zero-order valence-electron chi connectivity index (χ0n) is 29.2. The largest absolute Gasteiger partial charge is 0.0839 e. The van der Waals surface area contributed by atoms with Crippen molar-refractivity contribution in [3.05, 3.63) is 208 Å². The summed E-state index contributed by atoms with van der Waals surface area (Å²) < 4.78 is 0. The zero-order valence-corrected chi connectivity index (χ0v) is 29.2. The van der Waals surface area contributed by atoms with Gasteiger partial charge in [0.15, 0.2) is 0 Å². The minimum atomic E-state index is -0.0935. The van der Waals surface area contributed by atoms with Crippen LogP contribution in [-0.2, 0) is 5.41 Å². The second-order valence-corrected chi connectivity index (χ2v) is 15.8. The predicted molar refractivity (Wildman–Crippen MR) is 221 cm³/mol. The first-order chi connectivity index (χ1) is 26.3. The van der Waals surface area contributed by atoms with Crippen LogP contribution in [0.1, 0.15) is 40.7 Å². The van der Waals surface area contributed by atoms with Crippen LogP contribution in [0, 0.1) is 11.8 Å². The van der Waals surface area contributed by atoms with Crippen molar-refractivity contribution in [3.8, 4) is 22.3 Å². The second kappa shape index (κ2) is 10.00. The Morgan fingerprint density at radius 2 is 1.11 bits per heavy atom. The Kier molecular flexibility index (Phi) is 5.35. The van der Waals surface area contributed by atoms with E-state index in [9.17, 15) is 0 Å². The average Bonchev–Trinajstić information content (AvgIpc) is 3.82. The van der Waals surface area contributed by atoms with Crippen LogP contribution >= 0.6 is 0 Å². The monoisotopic (exact) mass is 670 g/mol. The summed E-state index contributed by atoms with van der Waals surface area (Å²) in [6.45, 7) is 0. The molecule has 5 aliphatic rings. The summed E-state index contributed by atoms with van der Waals surface area (Å²) in [5.41, 5.74) is 17.3. The van der Waals surface area contributed by atoms with E-state index < -0.39 is 0 Å². The smallest absolute Gasteiger partial charge is 0.0358 e. The quantitative estimate of drug-likeness (QED) is 0.153. The van der Waals surface area contributed by atoms with Gasteiger partial charge >= 0.3 is 0 Å². The fourth-order valence-electron chi connectivity index (χ4n) is 11.8. The van der Waals surface area contributed by atoms with E-state index in [0.717, 1.165) is 12.8 Å². The van der Waals surface area contributed by atoms with Gasteiger partial charge in [-0.15, -0.1) is 0 Å². The Bertz CT molecular complexity index is 3190. The maximum atomic E-state index is 2.54. The van der Waals surface area contributed by atoms with Crippen LogP contribution < -0.4 is 10.4 Å². The van der Waals surface area contributed by atoms with E-state index in [4.69, 9.17) is 0 Å². The summed E-state index contributed by atoms with van der Waals surface area (Å²) in [7, 11) is 0. The number of allylic oxidation sites excluding steroid dienone is 4. The van der Waals surface area contributed by atoms with Crippen LogP contribution in [0.15, 0.2) is 170 Å². The molecule has 1 spiro atoms. The van der Waals surface area contributed by atoms with Gasteiger partial charge in [0.05, 0.1) is 0 Å². The molecular formula is C53H34. The lowest BCUT2D eigenvalue weighted by Crippen LogP contribution is -2.43. The van der Waals surface area contributed by atoms with Gasteiger partial charge in [0.25, 0.3) is 0 Å². The fraction of sp³-hybridized carbons (Fsp3) is 0.0943. The molecule has 8 aromatic carbocycles. The molecule has 0 saturated heterocycles.